The average molecular weight is 341 g/mol. The van der Waals surface area contributed by atoms with Crippen LogP contribution in [0.15, 0.2) is 29.2 Å². The molecule has 0 unspecified atom stereocenters. The molecule has 0 aliphatic heterocycles. The van der Waals surface area contributed by atoms with Gasteiger partial charge in [0.15, 0.2) is 0 Å². The molecule has 0 spiro atoms. The normalized spacial score (nSPS) is 11.1. The van der Waals surface area contributed by atoms with Gasteiger partial charge in [0.1, 0.15) is 0 Å². The van der Waals surface area contributed by atoms with Crippen molar-refractivity contribution in [3.05, 3.63) is 29.8 Å². The summed E-state index contributed by atoms with van der Waals surface area (Å²) in [6, 6.07) is 6.70. The standard InChI is InChI=1S/C16H26O3S.Ca.2H/c1-2-3-4-5-6-7-8-9-12-15-13-10-11-14-16(15)20(17,18)19;;;/h10-11,13-14H,2-9,12H2,1H3,(H,17,18,19);;;. The van der Waals surface area contributed by atoms with Crippen LogP contribution in [0.4, 0.5) is 0 Å². The molecule has 3 nitrogen and oxygen atoms in total. The van der Waals surface area contributed by atoms with Crippen LogP contribution in [0.2, 0.25) is 0 Å². The maximum atomic E-state index is 11.2. The maximum absolute atomic E-state index is 11.2. The van der Waals surface area contributed by atoms with Gasteiger partial charge in [-0.2, -0.15) is 8.42 Å². The molecule has 1 aromatic rings. The quantitative estimate of drug-likeness (QED) is 0.401. The Morgan fingerprint density at radius 2 is 1.43 bits per heavy atom. The summed E-state index contributed by atoms with van der Waals surface area (Å²) in [5.41, 5.74) is 0.723. The Balaban J connectivity index is 0.00000400. The van der Waals surface area contributed by atoms with Crippen LogP contribution in [0.25, 0.3) is 0 Å². The van der Waals surface area contributed by atoms with E-state index in [4.69, 9.17) is 4.55 Å². The van der Waals surface area contributed by atoms with Gasteiger partial charge in [0.2, 0.25) is 0 Å². The molecule has 21 heavy (non-hydrogen) atoms. The van der Waals surface area contributed by atoms with Crippen LogP contribution < -0.4 is 0 Å². The Hall–Kier alpha value is 0.390. The molecule has 0 aromatic heterocycles. The van der Waals surface area contributed by atoms with E-state index in [1.54, 1.807) is 12.1 Å². The van der Waals surface area contributed by atoms with Crippen LogP contribution in [0.3, 0.4) is 0 Å². The molecule has 0 fully saturated rings. The first kappa shape index (κ1) is 21.4. The van der Waals surface area contributed by atoms with Gasteiger partial charge in [-0.25, -0.2) is 0 Å². The molecule has 0 atom stereocenters. The summed E-state index contributed by atoms with van der Waals surface area (Å²) in [5.74, 6) is 0. The monoisotopic (exact) mass is 340 g/mol. The van der Waals surface area contributed by atoms with E-state index >= 15 is 0 Å². The fourth-order valence-electron chi connectivity index (χ4n) is 2.41. The minimum atomic E-state index is -4.09. The average Bonchev–Trinajstić information content (AvgIpc) is 2.41. The number of hydrogen-bond acceptors (Lipinski definition) is 2. The number of hydrogen-bond donors (Lipinski definition) is 1. The van der Waals surface area contributed by atoms with Crippen molar-refractivity contribution in [2.24, 2.45) is 0 Å². The summed E-state index contributed by atoms with van der Waals surface area (Å²) in [6.07, 6.45) is 10.5. The van der Waals surface area contributed by atoms with Crippen molar-refractivity contribution in [2.75, 3.05) is 0 Å². The molecular formula is C16H28CaO3S. The third-order valence-corrected chi connectivity index (χ3v) is 4.50. The second kappa shape index (κ2) is 11.9. The van der Waals surface area contributed by atoms with Gasteiger partial charge in [-0.1, -0.05) is 70.1 Å². The van der Waals surface area contributed by atoms with Crippen LogP contribution in [0, 0.1) is 0 Å². The molecule has 0 aliphatic carbocycles. The Bertz CT molecular complexity index is 486. The first-order valence-electron chi connectivity index (χ1n) is 7.61. The zero-order chi connectivity index (χ0) is 14.8. The van der Waals surface area contributed by atoms with E-state index in [1.807, 2.05) is 6.07 Å². The second-order valence-electron chi connectivity index (χ2n) is 5.31. The molecule has 0 saturated heterocycles. The van der Waals surface area contributed by atoms with E-state index < -0.39 is 10.1 Å². The van der Waals surface area contributed by atoms with Gasteiger partial charge in [0.05, 0.1) is 4.90 Å². The summed E-state index contributed by atoms with van der Waals surface area (Å²) in [4.78, 5) is 0.0583. The molecule has 1 rings (SSSR count). The third kappa shape index (κ3) is 9.19. The van der Waals surface area contributed by atoms with Crippen molar-refractivity contribution in [3.63, 3.8) is 0 Å². The zero-order valence-corrected chi connectivity index (χ0v) is 13.2. The van der Waals surface area contributed by atoms with E-state index in [9.17, 15) is 8.42 Å². The zero-order valence-electron chi connectivity index (χ0n) is 12.3. The van der Waals surface area contributed by atoms with Gasteiger partial charge in [0, 0.05) is 0 Å². The Morgan fingerprint density at radius 1 is 0.905 bits per heavy atom. The summed E-state index contributed by atoms with van der Waals surface area (Å²) < 4.78 is 31.7. The molecule has 0 radical (unpaired) electrons. The third-order valence-electron chi connectivity index (χ3n) is 3.55. The summed E-state index contributed by atoms with van der Waals surface area (Å²) in [6.45, 7) is 2.21. The van der Waals surface area contributed by atoms with Gasteiger partial charge >= 0.3 is 37.7 Å². The number of aryl methyl sites for hydroxylation is 1. The van der Waals surface area contributed by atoms with Crippen molar-refractivity contribution in [3.8, 4) is 0 Å². The molecule has 118 valence electrons. The SMILES string of the molecule is CCCCCCCCCCc1ccccc1S(=O)(=O)O.[CaH2]. The van der Waals surface area contributed by atoms with Gasteiger partial charge in [-0.3, -0.25) is 4.55 Å². The number of rotatable bonds is 10. The Labute approximate surface area is 159 Å². The molecular weight excluding hydrogens is 312 g/mol. The van der Waals surface area contributed by atoms with Crippen molar-refractivity contribution in [1.82, 2.24) is 0 Å². The molecule has 0 saturated carbocycles. The molecule has 5 heteroatoms. The number of unbranched alkanes of at least 4 members (excludes halogenated alkanes) is 7. The van der Waals surface area contributed by atoms with Gasteiger partial charge in [0.25, 0.3) is 10.1 Å². The summed E-state index contributed by atoms with van der Waals surface area (Å²) >= 11 is 0. The van der Waals surface area contributed by atoms with E-state index in [0.29, 0.717) is 6.42 Å². The van der Waals surface area contributed by atoms with Gasteiger partial charge < -0.3 is 0 Å². The van der Waals surface area contributed by atoms with Crippen molar-refractivity contribution in [1.29, 1.82) is 0 Å². The first-order valence-corrected chi connectivity index (χ1v) is 9.05. The molecule has 1 aromatic carbocycles. The predicted octanol–water partition coefficient (Wildman–Crippen LogP) is 3.70. The van der Waals surface area contributed by atoms with E-state index in [0.717, 1.165) is 18.4 Å². The molecule has 0 amide bonds. The van der Waals surface area contributed by atoms with Crippen molar-refractivity contribution >= 4 is 47.9 Å². The van der Waals surface area contributed by atoms with Crippen molar-refractivity contribution in [2.45, 2.75) is 69.6 Å². The Kier molecular flexibility index (Phi) is 12.1. The molecule has 0 heterocycles. The minimum absolute atomic E-state index is 0. The Morgan fingerprint density at radius 3 is 2.00 bits per heavy atom. The summed E-state index contributed by atoms with van der Waals surface area (Å²) in [5, 5.41) is 0. The second-order valence-corrected chi connectivity index (χ2v) is 6.70. The van der Waals surface area contributed by atoms with E-state index in [-0.39, 0.29) is 42.6 Å². The molecule has 0 bridgehead atoms. The van der Waals surface area contributed by atoms with Crippen LogP contribution in [0.5, 0.6) is 0 Å². The predicted molar refractivity (Wildman–Crippen MR) is 91.1 cm³/mol. The van der Waals surface area contributed by atoms with Crippen molar-refractivity contribution < 1.29 is 13.0 Å². The van der Waals surface area contributed by atoms with Crippen LogP contribution in [-0.4, -0.2) is 50.7 Å². The van der Waals surface area contributed by atoms with E-state index in [1.165, 1.54) is 44.6 Å². The molecule has 0 aliphatic rings. The van der Waals surface area contributed by atoms with Crippen LogP contribution in [0.1, 0.15) is 63.9 Å². The van der Waals surface area contributed by atoms with Crippen LogP contribution >= 0.6 is 0 Å². The number of benzene rings is 1. The summed E-state index contributed by atoms with van der Waals surface area (Å²) in [7, 11) is -4.09. The fourth-order valence-corrected chi connectivity index (χ4v) is 3.16. The van der Waals surface area contributed by atoms with Crippen LogP contribution in [-0.2, 0) is 16.5 Å². The first-order chi connectivity index (χ1) is 9.55. The van der Waals surface area contributed by atoms with E-state index in [2.05, 4.69) is 6.92 Å². The van der Waals surface area contributed by atoms with Gasteiger partial charge in [-0.05, 0) is 24.5 Å². The fraction of sp³-hybridized carbons (Fsp3) is 0.625. The molecule has 1 N–H and O–H groups in total. The topological polar surface area (TPSA) is 54.4 Å². The van der Waals surface area contributed by atoms with Gasteiger partial charge in [-0.15, -0.1) is 0 Å².